The van der Waals surface area contributed by atoms with Crippen LogP contribution in [0.3, 0.4) is 0 Å². The number of aromatic carboxylic acids is 1. The van der Waals surface area contributed by atoms with Crippen LogP contribution < -0.4 is 4.74 Å². The van der Waals surface area contributed by atoms with E-state index >= 15 is 0 Å². The molecule has 1 aromatic rings. The van der Waals surface area contributed by atoms with Crippen LogP contribution in [0.5, 0.6) is 11.5 Å². The zero-order chi connectivity index (χ0) is 11.6. The molecule has 82 valence electrons. The highest BCUT2D eigenvalue weighted by molar-refractivity contribution is 9.10. The Morgan fingerprint density at radius 1 is 1.60 bits per heavy atom. The summed E-state index contributed by atoms with van der Waals surface area (Å²) in [5, 5.41) is 18.6. The fraction of sp³-hybridized carbons (Fsp3) is 0.300. The van der Waals surface area contributed by atoms with Gasteiger partial charge >= 0.3 is 5.97 Å². The molecule has 0 amide bonds. The number of methoxy groups -OCH3 is 1. The summed E-state index contributed by atoms with van der Waals surface area (Å²) < 4.78 is 5.30. The van der Waals surface area contributed by atoms with Crippen molar-refractivity contribution in [2.45, 2.75) is 13.3 Å². The second-order valence-electron chi connectivity index (χ2n) is 2.93. The highest BCUT2D eigenvalue weighted by atomic mass is 79.9. The Balaban J connectivity index is 3.53. The number of carboxylic acids is 1. The first kappa shape index (κ1) is 11.8. The number of rotatable bonds is 3. The zero-order valence-electron chi connectivity index (χ0n) is 8.37. The van der Waals surface area contributed by atoms with E-state index in [1.165, 1.54) is 7.11 Å². The number of halogens is 1. The Bertz CT molecular complexity index is 373. The molecule has 0 radical (unpaired) electrons. The lowest BCUT2D eigenvalue weighted by atomic mass is 10.1. The third-order valence-corrected chi connectivity index (χ3v) is 3.00. The van der Waals surface area contributed by atoms with Crippen molar-refractivity contribution in [1.29, 1.82) is 0 Å². The molecule has 0 fully saturated rings. The van der Waals surface area contributed by atoms with Gasteiger partial charge in [0.15, 0.2) is 11.5 Å². The molecular formula is C10H11BrO4. The van der Waals surface area contributed by atoms with Gasteiger partial charge in [-0.25, -0.2) is 4.79 Å². The summed E-state index contributed by atoms with van der Waals surface area (Å²) in [7, 11) is 1.38. The normalized spacial score (nSPS) is 10.1. The molecule has 0 spiro atoms. The molecule has 0 heterocycles. The minimum Gasteiger partial charge on any atom is -0.504 e. The summed E-state index contributed by atoms with van der Waals surface area (Å²) in [5.41, 5.74) is 0.619. The summed E-state index contributed by atoms with van der Waals surface area (Å²) in [6, 6.07) is 1.62. The van der Waals surface area contributed by atoms with Crippen molar-refractivity contribution < 1.29 is 19.7 Å². The van der Waals surface area contributed by atoms with Crippen molar-refractivity contribution in [2.75, 3.05) is 7.11 Å². The van der Waals surface area contributed by atoms with Crippen LogP contribution in [0, 0.1) is 0 Å². The van der Waals surface area contributed by atoms with Gasteiger partial charge < -0.3 is 14.9 Å². The van der Waals surface area contributed by atoms with Crippen LogP contribution in [-0.4, -0.2) is 23.3 Å². The van der Waals surface area contributed by atoms with E-state index in [0.717, 1.165) is 5.56 Å². The SMILES string of the molecule is CCc1cc(OC)c(O)c(C(=O)O)c1Br. The second-order valence-corrected chi connectivity index (χ2v) is 3.73. The summed E-state index contributed by atoms with van der Waals surface area (Å²) in [6.45, 7) is 1.89. The van der Waals surface area contributed by atoms with Gasteiger partial charge in [0.2, 0.25) is 0 Å². The molecule has 5 heteroatoms. The van der Waals surface area contributed by atoms with Crippen LogP contribution in [0.15, 0.2) is 10.5 Å². The Kier molecular flexibility index (Phi) is 3.57. The van der Waals surface area contributed by atoms with E-state index in [-0.39, 0.29) is 17.1 Å². The van der Waals surface area contributed by atoms with Gasteiger partial charge in [0.25, 0.3) is 0 Å². The summed E-state index contributed by atoms with van der Waals surface area (Å²) in [4.78, 5) is 10.9. The van der Waals surface area contributed by atoms with Gasteiger partial charge in [-0.05, 0) is 34.0 Å². The van der Waals surface area contributed by atoms with E-state index in [1.807, 2.05) is 6.92 Å². The molecule has 0 saturated heterocycles. The first-order chi connectivity index (χ1) is 7.02. The fourth-order valence-electron chi connectivity index (χ4n) is 1.29. The molecule has 4 nitrogen and oxygen atoms in total. The number of carbonyl (C=O) groups is 1. The van der Waals surface area contributed by atoms with Crippen molar-refractivity contribution in [3.63, 3.8) is 0 Å². The van der Waals surface area contributed by atoms with Gasteiger partial charge in [-0.15, -0.1) is 0 Å². The monoisotopic (exact) mass is 274 g/mol. The third-order valence-electron chi connectivity index (χ3n) is 2.09. The Hall–Kier alpha value is -1.23. The van der Waals surface area contributed by atoms with Gasteiger partial charge in [0.1, 0.15) is 5.56 Å². The molecule has 0 atom stereocenters. The van der Waals surface area contributed by atoms with E-state index in [1.54, 1.807) is 6.07 Å². The minimum absolute atomic E-state index is 0.161. The number of ether oxygens (including phenoxy) is 1. The average Bonchev–Trinajstić information content (AvgIpc) is 2.18. The number of hydrogen-bond donors (Lipinski definition) is 2. The highest BCUT2D eigenvalue weighted by Crippen LogP contribution is 2.38. The first-order valence-corrected chi connectivity index (χ1v) is 5.13. The van der Waals surface area contributed by atoms with Gasteiger partial charge in [0, 0.05) is 4.47 Å². The summed E-state index contributed by atoms with van der Waals surface area (Å²) >= 11 is 3.16. The molecule has 0 bridgehead atoms. The molecule has 0 unspecified atom stereocenters. The molecule has 15 heavy (non-hydrogen) atoms. The Morgan fingerprint density at radius 3 is 2.60 bits per heavy atom. The van der Waals surface area contributed by atoms with Gasteiger partial charge in [-0.1, -0.05) is 6.92 Å². The lowest BCUT2D eigenvalue weighted by molar-refractivity contribution is 0.0692. The molecular weight excluding hydrogens is 264 g/mol. The van der Waals surface area contributed by atoms with Crippen molar-refractivity contribution in [3.05, 3.63) is 21.7 Å². The van der Waals surface area contributed by atoms with Crippen molar-refractivity contribution in [2.24, 2.45) is 0 Å². The lowest BCUT2D eigenvalue weighted by Gasteiger charge is -2.11. The van der Waals surface area contributed by atoms with Crippen molar-refractivity contribution >= 4 is 21.9 Å². The topological polar surface area (TPSA) is 66.8 Å². The maximum absolute atomic E-state index is 10.9. The number of aromatic hydroxyl groups is 1. The van der Waals surface area contributed by atoms with E-state index in [9.17, 15) is 9.90 Å². The predicted octanol–water partition coefficient (Wildman–Crippen LogP) is 2.42. The van der Waals surface area contributed by atoms with Crippen LogP contribution in [0.25, 0.3) is 0 Å². The van der Waals surface area contributed by atoms with E-state index < -0.39 is 5.97 Å². The van der Waals surface area contributed by atoms with Crippen LogP contribution in [0.1, 0.15) is 22.8 Å². The number of benzene rings is 1. The van der Waals surface area contributed by atoms with Gasteiger partial charge in [0.05, 0.1) is 7.11 Å². The Labute approximate surface area is 95.6 Å². The minimum atomic E-state index is -1.19. The van der Waals surface area contributed by atoms with Crippen LogP contribution in [0.2, 0.25) is 0 Å². The van der Waals surface area contributed by atoms with Crippen LogP contribution in [0.4, 0.5) is 0 Å². The smallest absolute Gasteiger partial charge is 0.340 e. The zero-order valence-corrected chi connectivity index (χ0v) is 9.96. The van der Waals surface area contributed by atoms with E-state index in [4.69, 9.17) is 9.84 Å². The standard InChI is InChI=1S/C10H11BrO4/c1-3-5-4-6(15-2)9(12)7(8(5)11)10(13)14/h4,12H,3H2,1-2H3,(H,13,14). The number of aryl methyl sites for hydroxylation is 1. The number of carboxylic acid groups (broad SMARTS) is 1. The lowest BCUT2D eigenvalue weighted by Crippen LogP contribution is -2.02. The molecule has 0 aliphatic rings. The first-order valence-electron chi connectivity index (χ1n) is 4.34. The van der Waals surface area contributed by atoms with Gasteiger partial charge in [-0.3, -0.25) is 0 Å². The van der Waals surface area contributed by atoms with E-state index in [0.29, 0.717) is 10.9 Å². The van der Waals surface area contributed by atoms with Gasteiger partial charge in [-0.2, -0.15) is 0 Å². The molecule has 0 aliphatic carbocycles. The maximum Gasteiger partial charge on any atom is 0.340 e. The third kappa shape index (κ3) is 2.07. The molecule has 0 aromatic heterocycles. The molecule has 1 rings (SSSR count). The van der Waals surface area contributed by atoms with Crippen molar-refractivity contribution in [3.8, 4) is 11.5 Å². The quantitative estimate of drug-likeness (QED) is 0.889. The summed E-state index contributed by atoms with van der Waals surface area (Å²) in [6.07, 6.45) is 0.650. The molecule has 1 aromatic carbocycles. The maximum atomic E-state index is 10.9. The van der Waals surface area contributed by atoms with Crippen LogP contribution in [-0.2, 0) is 6.42 Å². The Morgan fingerprint density at radius 2 is 2.20 bits per heavy atom. The second kappa shape index (κ2) is 4.53. The molecule has 0 aliphatic heterocycles. The molecule has 0 saturated carbocycles. The average molecular weight is 275 g/mol. The van der Waals surface area contributed by atoms with Crippen molar-refractivity contribution in [1.82, 2.24) is 0 Å². The highest BCUT2D eigenvalue weighted by Gasteiger charge is 2.21. The fourth-order valence-corrected chi connectivity index (χ4v) is 2.04. The number of phenols is 1. The summed E-state index contributed by atoms with van der Waals surface area (Å²) in [5.74, 6) is -1.37. The van der Waals surface area contributed by atoms with E-state index in [2.05, 4.69) is 15.9 Å². The molecule has 2 N–H and O–H groups in total. The van der Waals surface area contributed by atoms with Crippen LogP contribution >= 0.6 is 15.9 Å². The number of hydrogen-bond acceptors (Lipinski definition) is 3. The largest absolute Gasteiger partial charge is 0.504 e. The predicted molar refractivity (Wildman–Crippen MR) is 58.7 cm³/mol.